The second kappa shape index (κ2) is 9.74. The van der Waals surface area contributed by atoms with Crippen molar-refractivity contribution in [1.29, 1.82) is 0 Å². The van der Waals surface area contributed by atoms with E-state index in [-0.39, 0.29) is 11.8 Å². The van der Waals surface area contributed by atoms with Crippen LogP contribution in [0, 0.1) is 5.92 Å². The van der Waals surface area contributed by atoms with Gasteiger partial charge in [-0.25, -0.2) is 0 Å². The number of aromatic nitrogens is 1. The van der Waals surface area contributed by atoms with Gasteiger partial charge < -0.3 is 15.5 Å². The maximum absolute atomic E-state index is 13.0. The van der Waals surface area contributed by atoms with E-state index in [4.69, 9.17) is 11.6 Å². The number of rotatable bonds is 6. The molecule has 3 rings (SSSR count). The molecule has 0 radical (unpaired) electrons. The molecule has 1 aliphatic rings. The van der Waals surface area contributed by atoms with Crippen LogP contribution in [-0.4, -0.2) is 35.3 Å². The Morgan fingerprint density at radius 3 is 2.69 bits per heavy atom. The predicted octanol–water partition coefficient (Wildman–Crippen LogP) is 3.81. The smallest absolute Gasteiger partial charge is 0.253 e. The molecular formula is C22H27ClN4O2. The fourth-order valence-corrected chi connectivity index (χ4v) is 3.40. The summed E-state index contributed by atoms with van der Waals surface area (Å²) < 4.78 is 0. The van der Waals surface area contributed by atoms with E-state index in [0.29, 0.717) is 23.7 Å². The quantitative estimate of drug-likeness (QED) is 0.705. The summed E-state index contributed by atoms with van der Waals surface area (Å²) in [6, 6.07) is 9.21. The molecule has 29 heavy (non-hydrogen) atoms. The van der Waals surface area contributed by atoms with Crippen molar-refractivity contribution in [3.8, 4) is 0 Å². The zero-order valence-electron chi connectivity index (χ0n) is 16.8. The van der Waals surface area contributed by atoms with Gasteiger partial charge in [0.15, 0.2) is 0 Å². The van der Waals surface area contributed by atoms with E-state index in [1.807, 2.05) is 24.3 Å². The first-order valence-electron chi connectivity index (χ1n) is 9.95. The van der Waals surface area contributed by atoms with Gasteiger partial charge in [0.2, 0.25) is 5.91 Å². The van der Waals surface area contributed by atoms with Gasteiger partial charge in [-0.2, -0.15) is 0 Å². The summed E-state index contributed by atoms with van der Waals surface area (Å²) in [6.45, 7) is 6.08. The Balaban J connectivity index is 1.83. The van der Waals surface area contributed by atoms with Gasteiger partial charge in [0, 0.05) is 43.4 Å². The van der Waals surface area contributed by atoms with Gasteiger partial charge in [0.25, 0.3) is 5.91 Å². The van der Waals surface area contributed by atoms with Crippen LogP contribution in [0.1, 0.15) is 42.6 Å². The van der Waals surface area contributed by atoms with Gasteiger partial charge in [-0.3, -0.25) is 14.6 Å². The van der Waals surface area contributed by atoms with E-state index >= 15 is 0 Å². The minimum atomic E-state index is -0.652. The molecule has 1 aromatic heterocycles. The van der Waals surface area contributed by atoms with Gasteiger partial charge in [-0.1, -0.05) is 13.0 Å². The van der Waals surface area contributed by atoms with Crippen molar-refractivity contribution in [2.75, 3.05) is 23.3 Å². The van der Waals surface area contributed by atoms with Crippen molar-refractivity contribution in [2.45, 2.75) is 38.6 Å². The summed E-state index contributed by atoms with van der Waals surface area (Å²) in [6.07, 6.45) is 5.62. The highest BCUT2D eigenvalue weighted by Crippen LogP contribution is 2.29. The third-order valence-electron chi connectivity index (χ3n) is 5.17. The lowest BCUT2D eigenvalue weighted by atomic mass is 9.97. The Morgan fingerprint density at radius 2 is 2.03 bits per heavy atom. The first-order chi connectivity index (χ1) is 13.9. The zero-order valence-corrected chi connectivity index (χ0v) is 17.6. The summed E-state index contributed by atoms with van der Waals surface area (Å²) in [4.78, 5) is 31.3. The van der Waals surface area contributed by atoms with Crippen molar-refractivity contribution < 1.29 is 9.59 Å². The summed E-state index contributed by atoms with van der Waals surface area (Å²) in [7, 11) is 0. The zero-order chi connectivity index (χ0) is 20.8. The summed E-state index contributed by atoms with van der Waals surface area (Å²) in [5, 5.41) is 5.08. The molecule has 0 unspecified atom stereocenters. The molecule has 1 aromatic carbocycles. The van der Waals surface area contributed by atoms with Gasteiger partial charge in [0.05, 0.1) is 5.56 Å². The van der Waals surface area contributed by atoms with Crippen LogP contribution in [0.15, 0.2) is 42.7 Å². The first-order valence-corrected chi connectivity index (χ1v) is 10.4. The lowest BCUT2D eigenvalue weighted by Crippen LogP contribution is -2.35. The molecular weight excluding hydrogens is 388 g/mol. The van der Waals surface area contributed by atoms with Crippen LogP contribution in [0.25, 0.3) is 0 Å². The second-order valence-corrected chi connectivity index (χ2v) is 8.21. The molecule has 7 heteroatoms. The summed E-state index contributed by atoms with van der Waals surface area (Å²) in [5.41, 5.74) is 2.92. The standard InChI is InChI=1S/C22H27ClN4O2/c1-15-7-10-27(11-8-15)20-6-5-18(26-21(28)16(2)23)12-19(20)22(29)25-14-17-4-3-9-24-13-17/h3-6,9,12-13,15-16H,7-8,10-11,14H2,1-2H3,(H,25,29)(H,26,28)/t16-/m1/s1. The van der Waals surface area contributed by atoms with Crippen molar-refractivity contribution in [2.24, 2.45) is 5.92 Å². The van der Waals surface area contributed by atoms with Crippen LogP contribution in [0.2, 0.25) is 0 Å². The highest BCUT2D eigenvalue weighted by molar-refractivity contribution is 6.32. The van der Waals surface area contributed by atoms with Gasteiger partial charge in [0.1, 0.15) is 5.38 Å². The van der Waals surface area contributed by atoms with Crippen LogP contribution in [0.5, 0.6) is 0 Å². The fraction of sp³-hybridized carbons (Fsp3) is 0.409. The Bertz CT molecular complexity index is 849. The molecule has 2 amide bonds. The first kappa shape index (κ1) is 21.1. The topological polar surface area (TPSA) is 74.3 Å². The molecule has 0 saturated carbocycles. The number of hydrogen-bond acceptors (Lipinski definition) is 4. The molecule has 2 heterocycles. The van der Waals surface area contributed by atoms with E-state index in [2.05, 4.69) is 27.4 Å². The van der Waals surface area contributed by atoms with Crippen molar-refractivity contribution in [3.05, 3.63) is 53.9 Å². The number of piperidine rings is 1. The molecule has 0 aliphatic carbocycles. The summed E-state index contributed by atoms with van der Waals surface area (Å²) >= 11 is 5.86. The minimum absolute atomic E-state index is 0.183. The average Bonchev–Trinajstić information content (AvgIpc) is 2.73. The number of carbonyl (C=O) groups excluding carboxylic acids is 2. The number of halogens is 1. The average molecular weight is 415 g/mol. The number of benzene rings is 1. The minimum Gasteiger partial charge on any atom is -0.371 e. The van der Waals surface area contributed by atoms with Crippen molar-refractivity contribution in [1.82, 2.24) is 10.3 Å². The second-order valence-electron chi connectivity index (χ2n) is 7.55. The van der Waals surface area contributed by atoms with Gasteiger partial charge in [-0.15, -0.1) is 11.6 Å². The molecule has 1 fully saturated rings. The Morgan fingerprint density at radius 1 is 1.28 bits per heavy atom. The molecule has 1 aliphatic heterocycles. The third kappa shape index (κ3) is 5.70. The predicted molar refractivity (Wildman–Crippen MR) is 116 cm³/mol. The Hall–Kier alpha value is -2.60. The number of alkyl halides is 1. The molecule has 2 aromatic rings. The van der Waals surface area contributed by atoms with Crippen LogP contribution >= 0.6 is 11.6 Å². The van der Waals surface area contributed by atoms with Gasteiger partial charge in [-0.05, 0) is 55.5 Å². The molecule has 2 N–H and O–H groups in total. The van der Waals surface area contributed by atoms with E-state index in [0.717, 1.165) is 37.2 Å². The monoisotopic (exact) mass is 414 g/mol. The molecule has 0 spiro atoms. The van der Waals surface area contributed by atoms with Crippen LogP contribution in [0.3, 0.4) is 0 Å². The Labute approximate surface area is 176 Å². The van der Waals surface area contributed by atoms with Crippen LogP contribution in [0.4, 0.5) is 11.4 Å². The number of carbonyl (C=O) groups is 2. The molecule has 154 valence electrons. The van der Waals surface area contributed by atoms with Gasteiger partial charge >= 0.3 is 0 Å². The number of hydrogen-bond donors (Lipinski definition) is 2. The van der Waals surface area contributed by atoms with E-state index in [1.165, 1.54) is 0 Å². The van der Waals surface area contributed by atoms with Crippen molar-refractivity contribution in [3.63, 3.8) is 0 Å². The highest BCUT2D eigenvalue weighted by atomic mass is 35.5. The highest BCUT2D eigenvalue weighted by Gasteiger charge is 2.22. The largest absolute Gasteiger partial charge is 0.371 e. The molecule has 0 bridgehead atoms. The van der Waals surface area contributed by atoms with Crippen molar-refractivity contribution >= 4 is 34.8 Å². The molecule has 6 nitrogen and oxygen atoms in total. The maximum atomic E-state index is 13.0. The molecule has 1 atom stereocenters. The van der Waals surface area contributed by atoms with E-state index in [1.54, 1.807) is 25.4 Å². The van der Waals surface area contributed by atoms with Crippen LogP contribution in [-0.2, 0) is 11.3 Å². The van der Waals surface area contributed by atoms with Crippen LogP contribution < -0.4 is 15.5 Å². The lowest BCUT2D eigenvalue weighted by molar-refractivity contribution is -0.115. The number of amides is 2. The van der Waals surface area contributed by atoms with E-state index < -0.39 is 5.38 Å². The number of nitrogens with one attached hydrogen (secondary N) is 2. The number of anilines is 2. The fourth-order valence-electron chi connectivity index (χ4n) is 3.34. The number of pyridine rings is 1. The number of nitrogens with zero attached hydrogens (tertiary/aromatic N) is 2. The maximum Gasteiger partial charge on any atom is 0.253 e. The normalized spacial score (nSPS) is 15.6. The lowest BCUT2D eigenvalue weighted by Gasteiger charge is -2.33. The third-order valence-corrected chi connectivity index (χ3v) is 5.37. The van der Waals surface area contributed by atoms with E-state index in [9.17, 15) is 9.59 Å². The molecule has 1 saturated heterocycles. The summed E-state index contributed by atoms with van der Waals surface area (Å²) in [5.74, 6) is 0.211. The SMILES string of the molecule is CC1CCN(c2ccc(NC(=O)[C@@H](C)Cl)cc2C(=O)NCc2cccnc2)CC1. The Kier molecular flexibility index (Phi) is 7.09.